The molecule has 3 rings (SSSR count). The van der Waals surface area contributed by atoms with Gasteiger partial charge in [0.2, 0.25) is 0 Å². The van der Waals surface area contributed by atoms with Crippen LogP contribution < -0.4 is 10.9 Å². The zero-order chi connectivity index (χ0) is 17.6. The minimum absolute atomic E-state index is 0.0440. The van der Waals surface area contributed by atoms with Crippen molar-refractivity contribution in [3.8, 4) is 6.07 Å². The van der Waals surface area contributed by atoms with Crippen LogP contribution in [0.25, 0.3) is 0 Å². The summed E-state index contributed by atoms with van der Waals surface area (Å²) in [5, 5.41) is 11.6. The van der Waals surface area contributed by atoms with Gasteiger partial charge < -0.3 is 14.8 Å². The predicted molar refractivity (Wildman–Crippen MR) is 95.2 cm³/mol. The molecule has 0 bridgehead atoms. The van der Waals surface area contributed by atoms with Crippen LogP contribution in [0, 0.1) is 11.3 Å². The lowest BCUT2D eigenvalue weighted by molar-refractivity contribution is 0.210. The number of aromatic nitrogens is 1. The molecule has 25 heavy (non-hydrogen) atoms. The highest BCUT2D eigenvalue weighted by Gasteiger charge is 2.32. The summed E-state index contributed by atoms with van der Waals surface area (Å²) in [5.74, 6) is 0. The fraction of sp³-hybridized carbons (Fsp3) is 0.316. The van der Waals surface area contributed by atoms with E-state index in [1.165, 1.54) is 6.07 Å². The van der Waals surface area contributed by atoms with E-state index in [4.69, 9.17) is 5.26 Å². The van der Waals surface area contributed by atoms with Crippen molar-refractivity contribution in [2.45, 2.75) is 31.8 Å². The fourth-order valence-electron chi connectivity index (χ4n) is 2.68. The van der Waals surface area contributed by atoms with Crippen LogP contribution >= 0.6 is 0 Å². The van der Waals surface area contributed by atoms with Gasteiger partial charge in [0.1, 0.15) is 0 Å². The number of nitriles is 1. The van der Waals surface area contributed by atoms with Crippen molar-refractivity contribution in [1.82, 2.24) is 9.47 Å². The summed E-state index contributed by atoms with van der Waals surface area (Å²) < 4.78 is 1.63. The number of benzene rings is 1. The second-order valence-corrected chi connectivity index (χ2v) is 6.13. The lowest BCUT2D eigenvalue weighted by Gasteiger charge is -2.21. The van der Waals surface area contributed by atoms with Gasteiger partial charge in [-0.05, 0) is 36.6 Å². The van der Waals surface area contributed by atoms with Crippen LogP contribution in [0.2, 0.25) is 0 Å². The van der Waals surface area contributed by atoms with Gasteiger partial charge in [0.25, 0.3) is 5.56 Å². The zero-order valence-electron chi connectivity index (χ0n) is 13.9. The average molecular weight is 336 g/mol. The summed E-state index contributed by atoms with van der Waals surface area (Å²) in [7, 11) is 0. The summed E-state index contributed by atoms with van der Waals surface area (Å²) in [4.78, 5) is 25.9. The van der Waals surface area contributed by atoms with Gasteiger partial charge in [0.05, 0.1) is 19.0 Å². The molecule has 1 aliphatic rings. The fourth-order valence-corrected chi connectivity index (χ4v) is 2.68. The third-order valence-electron chi connectivity index (χ3n) is 4.17. The molecule has 1 N–H and O–H groups in total. The van der Waals surface area contributed by atoms with Gasteiger partial charge in [0.15, 0.2) is 0 Å². The third kappa shape index (κ3) is 4.48. The van der Waals surface area contributed by atoms with Crippen LogP contribution in [0.5, 0.6) is 0 Å². The highest BCUT2D eigenvalue weighted by Crippen LogP contribution is 2.27. The summed E-state index contributed by atoms with van der Waals surface area (Å²) in [6.45, 7) is 0.951. The molecular weight excluding hydrogens is 316 g/mol. The number of hydrogen-bond donors (Lipinski definition) is 1. The van der Waals surface area contributed by atoms with Gasteiger partial charge in [-0.2, -0.15) is 5.26 Å². The van der Waals surface area contributed by atoms with Crippen LogP contribution in [-0.2, 0) is 6.54 Å². The van der Waals surface area contributed by atoms with E-state index in [0.29, 0.717) is 25.2 Å². The smallest absolute Gasteiger partial charge is 0.321 e. The van der Waals surface area contributed by atoms with Crippen molar-refractivity contribution in [3.05, 3.63) is 64.6 Å². The lowest BCUT2D eigenvalue weighted by Crippen LogP contribution is -2.37. The molecule has 2 amide bonds. The number of pyridine rings is 1. The number of nitrogens with zero attached hydrogens (tertiary/aromatic N) is 3. The molecule has 1 aromatic heterocycles. The Labute approximate surface area is 146 Å². The molecule has 128 valence electrons. The first-order valence-electron chi connectivity index (χ1n) is 8.36. The molecule has 1 fully saturated rings. The van der Waals surface area contributed by atoms with Crippen LogP contribution in [0.1, 0.15) is 24.8 Å². The highest BCUT2D eigenvalue weighted by atomic mass is 16.2. The average Bonchev–Trinajstić information content (AvgIpc) is 3.44. The highest BCUT2D eigenvalue weighted by molar-refractivity contribution is 5.89. The van der Waals surface area contributed by atoms with Crippen molar-refractivity contribution in [2.75, 3.05) is 11.9 Å². The second-order valence-electron chi connectivity index (χ2n) is 6.13. The molecule has 1 saturated carbocycles. The molecule has 6 nitrogen and oxygen atoms in total. The Kier molecular flexibility index (Phi) is 5.14. The third-order valence-corrected chi connectivity index (χ3v) is 4.17. The van der Waals surface area contributed by atoms with Gasteiger partial charge in [-0.15, -0.1) is 0 Å². The Morgan fingerprint density at radius 3 is 2.64 bits per heavy atom. The van der Waals surface area contributed by atoms with Crippen LogP contribution in [0.4, 0.5) is 10.5 Å². The molecule has 1 aromatic carbocycles. The Morgan fingerprint density at radius 2 is 2.00 bits per heavy atom. The van der Waals surface area contributed by atoms with Crippen molar-refractivity contribution < 1.29 is 4.79 Å². The van der Waals surface area contributed by atoms with E-state index in [9.17, 15) is 9.59 Å². The number of urea groups is 1. The first kappa shape index (κ1) is 16.8. The summed E-state index contributed by atoms with van der Waals surface area (Å²) in [6.07, 6.45) is 4.10. The molecule has 6 heteroatoms. The standard InChI is InChI=1S/C19H20N4O2/c20-11-3-13-23(17-9-10-17)19(25)21-16-7-5-15(6-8-16)14-22-12-2-1-4-18(22)24/h1-2,4-8,12,17H,3,9-10,13-14H2,(H,21,25). The summed E-state index contributed by atoms with van der Waals surface area (Å²) in [6, 6.07) is 14.7. The first-order chi connectivity index (χ1) is 12.2. The maximum atomic E-state index is 12.4. The van der Waals surface area contributed by atoms with Crippen molar-refractivity contribution in [1.29, 1.82) is 5.26 Å². The van der Waals surface area contributed by atoms with Crippen molar-refractivity contribution >= 4 is 11.7 Å². The van der Waals surface area contributed by atoms with Crippen LogP contribution in [0.15, 0.2) is 53.5 Å². The predicted octanol–water partition coefficient (Wildman–Crippen LogP) is 2.81. The second kappa shape index (κ2) is 7.67. The molecule has 0 radical (unpaired) electrons. The van der Waals surface area contributed by atoms with Gasteiger partial charge in [-0.3, -0.25) is 4.79 Å². The van der Waals surface area contributed by atoms with E-state index < -0.39 is 0 Å². The molecule has 1 heterocycles. The normalized spacial score (nSPS) is 13.1. The van der Waals surface area contributed by atoms with E-state index in [1.54, 1.807) is 21.7 Å². The van der Waals surface area contributed by atoms with Crippen molar-refractivity contribution in [3.63, 3.8) is 0 Å². The number of hydrogen-bond acceptors (Lipinski definition) is 3. The monoisotopic (exact) mass is 336 g/mol. The number of amides is 2. The van der Waals surface area contributed by atoms with Crippen LogP contribution in [0.3, 0.4) is 0 Å². The number of carbonyl (C=O) groups excluding carboxylic acids is 1. The molecular formula is C19H20N4O2. The van der Waals surface area contributed by atoms with Gasteiger partial charge in [0, 0.05) is 30.5 Å². The summed E-state index contributed by atoms with van der Waals surface area (Å²) in [5.41, 5.74) is 1.64. The van der Waals surface area contributed by atoms with E-state index in [2.05, 4.69) is 11.4 Å². The zero-order valence-corrected chi connectivity index (χ0v) is 13.9. The number of carbonyl (C=O) groups is 1. The van der Waals surface area contributed by atoms with Gasteiger partial charge in [-0.1, -0.05) is 18.2 Å². The van der Waals surface area contributed by atoms with Gasteiger partial charge in [-0.25, -0.2) is 4.79 Å². The molecule has 0 aliphatic heterocycles. The number of anilines is 1. The number of nitrogens with one attached hydrogen (secondary N) is 1. The Bertz CT molecular complexity index is 831. The van der Waals surface area contributed by atoms with Crippen LogP contribution in [-0.4, -0.2) is 28.1 Å². The van der Waals surface area contributed by atoms with Crippen molar-refractivity contribution in [2.24, 2.45) is 0 Å². The van der Waals surface area contributed by atoms with E-state index in [-0.39, 0.29) is 17.6 Å². The molecule has 1 aliphatic carbocycles. The Morgan fingerprint density at radius 1 is 1.24 bits per heavy atom. The maximum absolute atomic E-state index is 12.4. The first-order valence-corrected chi connectivity index (χ1v) is 8.36. The SMILES string of the molecule is N#CCCN(C(=O)Nc1ccc(Cn2ccccc2=O)cc1)C1CC1. The molecule has 0 saturated heterocycles. The van der Waals surface area contributed by atoms with E-state index in [1.807, 2.05) is 30.3 Å². The minimum atomic E-state index is -0.162. The molecule has 0 spiro atoms. The minimum Gasteiger partial charge on any atom is -0.321 e. The largest absolute Gasteiger partial charge is 0.322 e. The molecule has 0 unspecified atom stereocenters. The molecule has 2 aromatic rings. The number of rotatable bonds is 6. The lowest BCUT2D eigenvalue weighted by atomic mass is 10.2. The Hall–Kier alpha value is -3.07. The van der Waals surface area contributed by atoms with E-state index >= 15 is 0 Å². The molecule has 0 atom stereocenters. The van der Waals surface area contributed by atoms with E-state index in [0.717, 1.165) is 18.4 Å². The van der Waals surface area contributed by atoms with Gasteiger partial charge >= 0.3 is 6.03 Å². The quantitative estimate of drug-likeness (QED) is 0.881. The maximum Gasteiger partial charge on any atom is 0.322 e. The Balaban J connectivity index is 1.62. The topological polar surface area (TPSA) is 78.1 Å². The summed E-state index contributed by atoms with van der Waals surface area (Å²) >= 11 is 0.